The van der Waals surface area contributed by atoms with Crippen LogP contribution in [0.3, 0.4) is 0 Å². The second kappa shape index (κ2) is 6.28. The van der Waals surface area contributed by atoms with E-state index < -0.39 is 0 Å². The third-order valence-electron chi connectivity index (χ3n) is 2.94. The molecule has 1 amide bonds. The van der Waals surface area contributed by atoms with Crippen molar-refractivity contribution in [1.82, 2.24) is 4.90 Å². The van der Waals surface area contributed by atoms with Crippen molar-refractivity contribution in [2.45, 2.75) is 6.92 Å². The van der Waals surface area contributed by atoms with Crippen LogP contribution in [0.5, 0.6) is 0 Å². The highest BCUT2D eigenvalue weighted by atomic mass is 79.9. The monoisotopic (exact) mass is 370 g/mol. The highest BCUT2D eigenvalue weighted by Crippen LogP contribution is 2.33. The first-order valence-corrected chi connectivity index (χ1v) is 8.18. The fourth-order valence-corrected chi connectivity index (χ4v) is 4.03. The fraction of sp³-hybridized carbons (Fsp3) is 0.286. The van der Waals surface area contributed by atoms with Crippen molar-refractivity contribution < 1.29 is 4.79 Å². The van der Waals surface area contributed by atoms with Crippen molar-refractivity contribution in [1.29, 1.82) is 0 Å². The summed E-state index contributed by atoms with van der Waals surface area (Å²) in [5, 5.41) is 0. The molecular formula is C14H15BrN2OS2. The fourth-order valence-electron chi connectivity index (χ4n) is 1.90. The number of likely N-dealkylation sites (N-methyl/N-ethyl adjacent to an activating group) is 1. The number of thioether (sulfide) groups is 1. The summed E-state index contributed by atoms with van der Waals surface area (Å²) >= 11 is 10.1. The molecule has 1 aliphatic rings. The number of amides is 1. The second-order valence-corrected chi connectivity index (χ2v) is 7.06. The van der Waals surface area contributed by atoms with Gasteiger partial charge in [0.15, 0.2) is 0 Å². The van der Waals surface area contributed by atoms with Crippen LogP contribution in [0, 0.1) is 0 Å². The quantitative estimate of drug-likeness (QED) is 0.597. The zero-order chi connectivity index (χ0) is 14.9. The molecule has 0 saturated carbocycles. The Balaban J connectivity index is 2.30. The van der Waals surface area contributed by atoms with Crippen molar-refractivity contribution in [3.05, 3.63) is 33.1 Å². The van der Waals surface area contributed by atoms with Gasteiger partial charge in [-0.05, 0) is 46.6 Å². The van der Waals surface area contributed by atoms with Crippen LogP contribution in [-0.2, 0) is 4.79 Å². The lowest BCUT2D eigenvalue weighted by Gasteiger charge is -2.14. The van der Waals surface area contributed by atoms with Crippen molar-refractivity contribution in [2.75, 3.05) is 25.5 Å². The van der Waals surface area contributed by atoms with Crippen LogP contribution in [0.4, 0.5) is 5.69 Å². The Hall–Kier alpha value is -0.850. The first kappa shape index (κ1) is 15.5. The lowest BCUT2D eigenvalue weighted by molar-refractivity contribution is -0.121. The third-order valence-corrected chi connectivity index (χ3v) is 4.95. The molecule has 1 fully saturated rings. The smallest absolute Gasteiger partial charge is 0.266 e. The lowest BCUT2D eigenvalue weighted by atomic mass is 10.2. The highest BCUT2D eigenvalue weighted by Gasteiger charge is 2.30. The summed E-state index contributed by atoms with van der Waals surface area (Å²) < 4.78 is 1.63. The zero-order valence-corrected chi connectivity index (χ0v) is 14.7. The van der Waals surface area contributed by atoms with Gasteiger partial charge < -0.3 is 4.90 Å². The number of hydrogen-bond donors (Lipinski definition) is 0. The number of thiocarbonyl (C=S) groups is 1. The van der Waals surface area contributed by atoms with Crippen molar-refractivity contribution >= 4 is 61.9 Å². The minimum atomic E-state index is -0.00434. The molecule has 2 rings (SSSR count). The summed E-state index contributed by atoms with van der Waals surface area (Å²) in [6.07, 6.45) is 1.89. The Morgan fingerprint density at radius 3 is 2.65 bits per heavy atom. The highest BCUT2D eigenvalue weighted by molar-refractivity contribution is 9.10. The van der Waals surface area contributed by atoms with Gasteiger partial charge in [0, 0.05) is 25.1 Å². The summed E-state index contributed by atoms with van der Waals surface area (Å²) in [5.41, 5.74) is 2.09. The molecule has 0 spiro atoms. The maximum absolute atomic E-state index is 12.1. The predicted molar refractivity (Wildman–Crippen MR) is 94.0 cm³/mol. The SMILES string of the molecule is CCN1C(=O)C(=Cc2ccc(N(C)C)c(Br)c2)SC1=S. The first-order chi connectivity index (χ1) is 9.43. The van der Waals surface area contributed by atoms with Crippen molar-refractivity contribution in [3.8, 4) is 0 Å². The van der Waals surface area contributed by atoms with Gasteiger partial charge in [-0.3, -0.25) is 9.69 Å². The molecule has 0 N–H and O–H groups in total. The van der Waals surface area contributed by atoms with Crippen LogP contribution >= 0.6 is 39.9 Å². The summed E-state index contributed by atoms with van der Waals surface area (Å²) in [6, 6.07) is 6.03. The van der Waals surface area contributed by atoms with Crippen LogP contribution in [0.15, 0.2) is 27.6 Å². The van der Waals surface area contributed by atoms with E-state index in [1.807, 2.05) is 50.2 Å². The summed E-state index contributed by atoms with van der Waals surface area (Å²) in [5.74, 6) is -0.00434. The van der Waals surface area contributed by atoms with Gasteiger partial charge >= 0.3 is 0 Å². The Kier molecular flexibility index (Phi) is 4.88. The molecule has 20 heavy (non-hydrogen) atoms. The summed E-state index contributed by atoms with van der Waals surface area (Å²) in [6.45, 7) is 2.54. The number of anilines is 1. The normalized spacial score (nSPS) is 17.2. The molecule has 0 radical (unpaired) electrons. The van der Waals surface area contributed by atoms with Crippen molar-refractivity contribution in [3.63, 3.8) is 0 Å². The topological polar surface area (TPSA) is 23.6 Å². The van der Waals surface area contributed by atoms with Gasteiger partial charge in [-0.25, -0.2) is 0 Å². The summed E-state index contributed by atoms with van der Waals surface area (Å²) in [7, 11) is 3.98. The molecule has 0 aliphatic carbocycles. The molecule has 0 atom stereocenters. The molecule has 6 heteroatoms. The number of carbonyl (C=O) groups is 1. The van der Waals surface area contributed by atoms with E-state index in [0.29, 0.717) is 15.8 Å². The maximum atomic E-state index is 12.1. The van der Waals surface area contributed by atoms with Gasteiger partial charge in [-0.1, -0.05) is 30.0 Å². The zero-order valence-electron chi connectivity index (χ0n) is 11.5. The van der Waals surface area contributed by atoms with Crippen LogP contribution in [-0.4, -0.2) is 35.8 Å². The van der Waals surface area contributed by atoms with E-state index >= 15 is 0 Å². The van der Waals surface area contributed by atoms with E-state index in [2.05, 4.69) is 15.9 Å². The van der Waals surface area contributed by atoms with E-state index in [-0.39, 0.29) is 5.91 Å². The average Bonchev–Trinajstić information content (AvgIpc) is 2.63. The van der Waals surface area contributed by atoms with E-state index in [4.69, 9.17) is 12.2 Å². The van der Waals surface area contributed by atoms with Crippen LogP contribution in [0.2, 0.25) is 0 Å². The summed E-state index contributed by atoms with van der Waals surface area (Å²) in [4.78, 5) is 16.5. The molecule has 0 unspecified atom stereocenters. The molecule has 1 heterocycles. The number of nitrogens with zero attached hydrogens (tertiary/aromatic N) is 2. The molecule has 1 aromatic rings. The maximum Gasteiger partial charge on any atom is 0.266 e. The van der Waals surface area contributed by atoms with Gasteiger partial charge in [-0.15, -0.1) is 0 Å². The second-order valence-electron chi connectivity index (χ2n) is 4.53. The van der Waals surface area contributed by atoms with E-state index in [1.165, 1.54) is 11.8 Å². The number of halogens is 1. The van der Waals surface area contributed by atoms with E-state index in [1.54, 1.807) is 4.90 Å². The van der Waals surface area contributed by atoms with E-state index in [9.17, 15) is 4.79 Å². The number of benzene rings is 1. The standard InChI is InChI=1S/C14H15BrN2OS2/c1-4-17-13(18)12(20-14(17)19)8-9-5-6-11(16(2)3)10(15)7-9/h5-8H,4H2,1-3H3. The minimum absolute atomic E-state index is 0.00434. The van der Waals surface area contributed by atoms with Crippen LogP contribution in [0.25, 0.3) is 6.08 Å². The predicted octanol–water partition coefficient (Wildman–Crippen LogP) is 3.74. The Morgan fingerprint density at radius 2 is 2.15 bits per heavy atom. The van der Waals surface area contributed by atoms with Gasteiger partial charge in [0.25, 0.3) is 5.91 Å². The largest absolute Gasteiger partial charge is 0.377 e. The number of carbonyl (C=O) groups excluding carboxylic acids is 1. The minimum Gasteiger partial charge on any atom is -0.377 e. The van der Waals surface area contributed by atoms with Gasteiger partial charge in [0.2, 0.25) is 0 Å². The molecule has 106 valence electrons. The lowest BCUT2D eigenvalue weighted by Crippen LogP contribution is -2.27. The third kappa shape index (κ3) is 3.07. The first-order valence-electron chi connectivity index (χ1n) is 6.16. The van der Waals surface area contributed by atoms with Crippen molar-refractivity contribution in [2.24, 2.45) is 0 Å². The van der Waals surface area contributed by atoms with Gasteiger partial charge in [-0.2, -0.15) is 0 Å². The van der Waals surface area contributed by atoms with Crippen LogP contribution < -0.4 is 4.90 Å². The molecule has 3 nitrogen and oxygen atoms in total. The van der Waals surface area contributed by atoms with Gasteiger partial charge in [0.05, 0.1) is 10.6 Å². The van der Waals surface area contributed by atoms with Crippen LogP contribution in [0.1, 0.15) is 12.5 Å². The molecule has 0 bridgehead atoms. The number of hydrogen-bond acceptors (Lipinski definition) is 4. The average molecular weight is 371 g/mol. The molecule has 1 saturated heterocycles. The molecule has 1 aliphatic heterocycles. The Bertz CT molecular complexity index is 599. The molecule has 0 aromatic heterocycles. The Morgan fingerprint density at radius 1 is 1.45 bits per heavy atom. The van der Waals surface area contributed by atoms with E-state index in [0.717, 1.165) is 15.7 Å². The molecular weight excluding hydrogens is 356 g/mol. The molecule has 1 aromatic carbocycles. The Labute approximate surface area is 137 Å². The number of rotatable bonds is 3. The van der Waals surface area contributed by atoms with Gasteiger partial charge in [0.1, 0.15) is 4.32 Å².